The first kappa shape index (κ1) is 50.2. The van der Waals surface area contributed by atoms with Crippen molar-refractivity contribution in [2.24, 2.45) is 16.7 Å². The molecule has 2 saturated carbocycles. The number of morpholine rings is 1. The van der Waals surface area contributed by atoms with Gasteiger partial charge in [0.15, 0.2) is 17.5 Å². The number of rotatable bonds is 14. The van der Waals surface area contributed by atoms with E-state index >= 15 is 4.79 Å². The smallest absolute Gasteiger partial charge is 0.408 e. The number of hydrogen-bond donors (Lipinski definition) is 4. The molecule has 4 fully saturated rings. The van der Waals surface area contributed by atoms with Crippen molar-refractivity contribution >= 4 is 29.8 Å². The Morgan fingerprint density at radius 2 is 1.72 bits per heavy atom. The van der Waals surface area contributed by atoms with Crippen LogP contribution in [0, 0.1) is 16.7 Å². The van der Waals surface area contributed by atoms with E-state index in [9.17, 15) is 34.5 Å². The normalized spacial score (nSPS) is 32.5. The van der Waals surface area contributed by atoms with Gasteiger partial charge in [-0.25, -0.2) is 14.4 Å². The maximum Gasteiger partial charge on any atom is 0.408 e. The molecule has 3 heterocycles. The summed E-state index contributed by atoms with van der Waals surface area (Å²) in [5.74, 6) is -4.86. The third kappa shape index (κ3) is 9.42. The minimum Gasteiger partial charge on any atom is -0.467 e. The van der Waals surface area contributed by atoms with E-state index in [0.717, 1.165) is 0 Å². The number of nitrogens with zero attached hydrogens (tertiary/aromatic N) is 1. The van der Waals surface area contributed by atoms with Gasteiger partial charge in [-0.2, -0.15) is 0 Å². The van der Waals surface area contributed by atoms with Gasteiger partial charge in [-0.05, 0) is 76.5 Å². The van der Waals surface area contributed by atoms with Crippen molar-refractivity contribution in [3.8, 4) is 0 Å². The van der Waals surface area contributed by atoms with E-state index in [1.165, 1.54) is 37.5 Å². The summed E-state index contributed by atoms with van der Waals surface area (Å²) < 4.78 is 48.3. The van der Waals surface area contributed by atoms with Crippen molar-refractivity contribution in [1.29, 1.82) is 0 Å². The number of ketones is 1. The molecule has 2 saturated heterocycles. The molecule has 2 bridgehead atoms. The molecule has 5 aliphatic rings. The molecule has 7 rings (SSSR count). The number of alkyl carbamates (subject to hydrolysis) is 1. The third-order valence-electron chi connectivity index (χ3n) is 14.5. The lowest BCUT2D eigenvalue weighted by molar-refractivity contribution is -0.346. The van der Waals surface area contributed by atoms with Crippen LogP contribution in [0.5, 0.6) is 0 Å². The number of carbonyl (C=O) groups is 5. The quantitative estimate of drug-likeness (QED) is 0.119. The first-order valence-corrected chi connectivity index (χ1v) is 23.2. The van der Waals surface area contributed by atoms with Crippen LogP contribution in [0.15, 0.2) is 64.3 Å². The fourth-order valence-electron chi connectivity index (χ4n) is 10.8. The summed E-state index contributed by atoms with van der Waals surface area (Å²) in [6.07, 6.45) is -9.14. The molecule has 11 atom stereocenters. The molecule has 1 aromatic carbocycles. The summed E-state index contributed by atoms with van der Waals surface area (Å²) in [4.78, 5) is 73.8. The van der Waals surface area contributed by atoms with E-state index in [2.05, 4.69) is 10.2 Å². The molecular formula is C49H66N2O16. The number of carbonyl (C=O) groups excluding carboxylic acids is 5. The number of furan rings is 1. The minimum atomic E-state index is -2.32. The lowest BCUT2D eigenvalue weighted by atomic mass is 9.44. The summed E-state index contributed by atoms with van der Waals surface area (Å²) in [5, 5.41) is 40.6. The van der Waals surface area contributed by atoms with Crippen LogP contribution in [-0.2, 0) is 47.5 Å². The minimum absolute atomic E-state index is 0.000127. The van der Waals surface area contributed by atoms with E-state index in [1.807, 2.05) is 0 Å². The Morgan fingerprint density at radius 1 is 1.01 bits per heavy atom. The monoisotopic (exact) mass is 938 g/mol. The van der Waals surface area contributed by atoms with Crippen LogP contribution in [0.1, 0.15) is 103 Å². The lowest BCUT2D eigenvalue weighted by Crippen LogP contribution is -2.82. The fraction of sp³-hybridized carbons (Fsp3) is 0.653. The van der Waals surface area contributed by atoms with Crippen molar-refractivity contribution in [3.05, 3.63) is 71.2 Å². The van der Waals surface area contributed by atoms with Crippen LogP contribution in [0.3, 0.4) is 0 Å². The summed E-state index contributed by atoms with van der Waals surface area (Å²) in [5.41, 5.74) is -7.86. The van der Waals surface area contributed by atoms with Crippen LogP contribution >= 0.6 is 0 Å². The number of esters is 3. The van der Waals surface area contributed by atoms with Gasteiger partial charge in [0.1, 0.15) is 47.4 Å². The Kier molecular flexibility index (Phi) is 14.5. The SMILES string of the molecule is CCCC(=O)O[C@@]12CO[C@@H]1C[C@H](O)[C@@]1(C)C(=O)[C@H](OCCN3CCOCC3)C3=C(C)[C@@H](OC(=O)[C@H](O)[C@H](NC(=O)OC(C)(C)C)c4ccco4)C[C@@](O)([C@@H](OC(=O)c4ccccc4)[C@H]21)C3(C)C. The Balaban J connectivity index is 1.38. The van der Waals surface area contributed by atoms with Gasteiger partial charge in [-0.1, -0.05) is 39.0 Å². The van der Waals surface area contributed by atoms with E-state index in [0.29, 0.717) is 44.8 Å². The fourth-order valence-corrected chi connectivity index (χ4v) is 10.8. The van der Waals surface area contributed by atoms with Crippen molar-refractivity contribution in [2.75, 3.05) is 46.1 Å². The Hall–Kier alpha value is -4.69. The molecular weight excluding hydrogens is 873 g/mol. The van der Waals surface area contributed by atoms with E-state index in [-0.39, 0.29) is 43.0 Å². The maximum atomic E-state index is 16.0. The molecule has 67 heavy (non-hydrogen) atoms. The van der Waals surface area contributed by atoms with Crippen molar-refractivity contribution in [2.45, 2.75) is 141 Å². The number of hydrogen-bond acceptors (Lipinski definition) is 17. The molecule has 0 radical (unpaired) electrons. The Labute approximate surface area is 390 Å². The van der Waals surface area contributed by atoms with Crippen LogP contribution in [-0.4, -0.2) is 149 Å². The summed E-state index contributed by atoms with van der Waals surface area (Å²) in [6, 6.07) is 9.46. The van der Waals surface area contributed by atoms with Gasteiger partial charge in [0.05, 0.1) is 55.7 Å². The first-order chi connectivity index (χ1) is 31.6. The standard InChI is InChI=1S/C49H66N2O16/c1-9-14-34(53)66-48-27-63-33(48)25-32(52)47(8)39(48)41(65-42(56)29-15-11-10-12-16-29)49(59)26-31(64-43(57)37(54)36(30-17-13-21-61-30)50-44(58)67-45(3,4)5)28(2)35(46(49,6)7)38(40(47)55)62-24-20-51-18-22-60-23-19-51/h10-13,15-17,21,31-33,36-39,41,52,54,59H,9,14,18-20,22-27H2,1-8H3,(H,50,58)/t31-,32-,33+,36+,37+,38+,39-,41-,47+,48-,49+/m0/s1. The first-order valence-electron chi connectivity index (χ1n) is 23.2. The maximum absolute atomic E-state index is 16.0. The lowest BCUT2D eigenvalue weighted by Gasteiger charge is -2.67. The third-order valence-corrected chi connectivity index (χ3v) is 14.5. The van der Waals surface area contributed by atoms with Gasteiger partial charge in [0.25, 0.3) is 0 Å². The zero-order valence-corrected chi connectivity index (χ0v) is 39.6. The zero-order chi connectivity index (χ0) is 48.7. The Morgan fingerprint density at radius 3 is 2.33 bits per heavy atom. The number of Topliss-reactive ketones (excluding diaryl/α,β-unsaturated/α-hetero) is 1. The summed E-state index contributed by atoms with van der Waals surface area (Å²) in [6.45, 7) is 15.7. The van der Waals surface area contributed by atoms with Crippen molar-refractivity contribution < 1.29 is 76.9 Å². The molecule has 4 N–H and O–H groups in total. The second-order valence-electron chi connectivity index (χ2n) is 20.1. The molecule has 368 valence electrons. The zero-order valence-electron chi connectivity index (χ0n) is 39.6. The summed E-state index contributed by atoms with van der Waals surface area (Å²) >= 11 is 0. The number of aliphatic hydroxyl groups excluding tert-OH is 2. The molecule has 18 heteroatoms. The topological polar surface area (TPSA) is 239 Å². The predicted molar refractivity (Wildman–Crippen MR) is 236 cm³/mol. The van der Waals surface area contributed by atoms with Crippen LogP contribution in [0.4, 0.5) is 4.79 Å². The number of aliphatic hydroxyl groups is 3. The number of benzene rings is 1. The predicted octanol–water partition coefficient (Wildman–Crippen LogP) is 3.99. The molecule has 18 nitrogen and oxygen atoms in total. The number of fused-ring (bicyclic) bond motifs is 5. The molecule has 1 amide bonds. The molecule has 1 aromatic heterocycles. The van der Waals surface area contributed by atoms with Crippen LogP contribution in [0.2, 0.25) is 0 Å². The molecule has 0 unspecified atom stereocenters. The molecule has 2 aliphatic heterocycles. The van der Waals surface area contributed by atoms with Crippen LogP contribution in [0.25, 0.3) is 0 Å². The van der Waals surface area contributed by atoms with E-state index < -0.39 is 112 Å². The van der Waals surface area contributed by atoms with Gasteiger partial charge in [-0.3, -0.25) is 14.5 Å². The van der Waals surface area contributed by atoms with Crippen LogP contribution < -0.4 is 5.32 Å². The van der Waals surface area contributed by atoms with Crippen molar-refractivity contribution in [1.82, 2.24) is 10.2 Å². The molecule has 3 aliphatic carbocycles. The molecule has 2 aromatic rings. The van der Waals surface area contributed by atoms with E-state index in [1.54, 1.807) is 66.7 Å². The summed E-state index contributed by atoms with van der Waals surface area (Å²) in [7, 11) is 0. The van der Waals surface area contributed by atoms with Gasteiger partial charge < -0.3 is 58.2 Å². The highest BCUT2D eigenvalue weighted by Crippen LogP contribution is 2.64. The second kappa shape index (κ2) is 19.4. The highest BCUT2D eigenvalue weighted by molar-refractivity contribution is 5.94. The number of nitrogens with one attached hydrogen (secondary N) is 1. The highest BCUT2D eigenvalue weighted by Gasteiger charge is 2.78. The van der Waals surface area contributed by atoms with Crippen molar-refractivity contribution in [3.63, 3.8) is 0 Å². The van der Waals surface area contributed by atoms with Gasteiger partial charge in [0, 0.05) is 44.3 Å². The molecule has 0 spiro atoms. The Bertz CT molecular complexity index is 2160. The van der Waals surface area contributed by atoms with E-state index in [4.69, 9.17) is 37.6 Å². The number of amides is 1. The highest BCUT2D eigenvalue weighted by atomic mass is 16.6. The van der Waals surface area contributed by atoms with Gasteiger partial charge >= 0.3 is 24.0 Å². The van der Waals surface area contributed by atoms with Gasteiger partial charge in [0.2, 0.25) is 0 Å². The second-order valence-corrected chi connectivity index (χ2v) is 20.1. The average molecular weight is 939 g/mol. The average Bonchev–Trinajstić information content (AvgIpc) is 3.81. The number of ether oxygens (including phenoxy) is 7. The largest absolute Gasteiger partial charge is 0.467 e. The van der Waals surface area contributed by atoms with Gasteiger partial charge in [-0.15, -0.1) is 0 Å².